The minimum Gasteiger partial charge on any atom is -0.326 e. The quantitative estimate of drug-likeness (QED) is 0.605. The summed E-state index contributed by atoms with van der Waals surface area (Å²) >= 11 is 0. The van der Waals surface area contributed by atoms with Crippen LogP contribution in [0.4, 0.5) is 23.0 Å². The lowest BCUT2D eigenvalue weighted by molar-refractivity contribution is -0.114. The summed E-state index contributed by atoms with van der Waals surface area (Å²) in [5, 5.41) is 8.61. The monoisotopic (exact) mass is 375 g/mol. The molecule has 0 fully saturated rings. The predicted molar refractivity (Wildman–Crippen MR) is 110 cm³/mol. The predicted octanol–water partition coefficient (Wildman–Crippen LogP) is 3.99. The highest BCUT2D eigenvalue weighted by Gasteiger charge is 2.09. The molecule has 0 bridgehead atoms. The third-order valence-electron chi connectivity index (χ3n) is 4.00. The van der Waals surface area contributed by atoms with Crippen LogP contribution >= 0.6 is 0 Å². The number of carbonyl (C=O) groups is 2. The van der Waals surface area contributed by atoms with Crippen molar-refractivity contribution >= 4 is 34.8 Å². The Kier molecular flexibility index (Phi) is 5.96. The highest BCUT2D eigenvalue weighted by molar-refractivity contribution is 6.04. The van der Waals surface area contributed by atoms with Crippen LogP contribution in [-0.2, 0) is 11.2 Å². The van der Waals surface area contributed by atoms with Gasteiger partial charge in [0.25, 0.3) is 5.91 Å². The summed E-state index contributed by atoms with van der Waals surface area (Å²) < 4.78 is 0. The molecule has 3 aromatic rings. The molecule has 28 heavy (non-hydrogen) atoms. The minimum absolute atomic E-state index is 0.176. The molecule has 1 heterocycles. The third-order valence-corrected chi connectivity index (χ3v) is 4.00. The zero-order chi connectivity index (χ0) is 19.9. The Bertz CT molecular complexity index is 986. The van der Waals surface area contributed by atoms with Crippen LogP contribution in [0.3, 0.4) is 0 Å². The number of amides is 2. The van der Waals surface area contributed by atoms with E-state index in [2.05, 4.69) is 32.8 Å². The first-order valence-electron chi connectivity index (χ1n) is 8.91. The van der Waals surface area contributed by atoms with Crippen molar-refractivity contribution in [1.82, 2.24) is 9.97 Å². The average molecular weight is 375 g/mol. The lowest BCUT2D eigenvalue weighted by atomic mass is 10.1. The molecule has 2 amide bonds. The highest BCUT2D eigenvalue weighted by atomic mass is 16.2. The SMILES string of the molecule is CCc1ccccc1Nc1ncc(C(=O)Nc2cccc(NC(C)=O)c2)cn1. The van der Waals surface area contributed by atoms with E-state index >= 15 is 0 Å². The second kappa shape index (κ2) is 8.77. The molecule has 0 aliphatic carbocycles. The van der Waals surface area contributed by atoms with Crippen LogP contribution in [0.1, 0.15) is 29.8 Å². The Balaban J connectivity index is 1.68. The Morgan fingerprint density at radius 3 is 2.29 bits per heavy atom. The van der Waals surface area contributed by atoms with Crippen molar-refractivity contribution in [1.29, 1.82) is 0 Å². The molecule has 0 atom stereocenters. The summed E-state index contributed by atoms with van der Waals surface area (Å²) in [6, 6.07) is 14.8. The van der Waals surface area contributed by atoms with Crippen molar-refractivity contribution in [3.8, 4) is 0 Å². The van der Waals surface area contributed by atoms with Gasteiger partial charge >= 0.3 is 0 Å². The molecule has 0 spiro atoms. The maximum atomic E-state index is 12.4. The van der Waals surface area contributed by atoms with Crippen LogP contribution in [-0.4, -0.2) is 21.8 Å². The fourth-order valence-corrected chi connectivity index (χ4v) is 2.66. The largest absolute Gasteiger partial charge is 0.326 e. The lowest BCUT2D eigenvalue weighted by Gasteiger charge is -2.10. The summed E-state index contributed by atoms with van der Waals surface area (Å²) in [6.45, 7) is 3.51. The van der Waals surface area contributed by atoms with E-state index in [9.17, 15) is 9.59 Å². The Morgan fingerprint density at radius 1 is 0.929 bits per heavy atom. The molecule has 3 N–H and O–H groups in total. The molecule has 7 heteroatoms. The van der Waals surface area contributed by atoms with Gasteiger partial charge in [-0.3, -0.25) is 9.59 Å². The normalized spacial score (nSPS) is 10.2. The van der Waals surface area contributed by atoms with E-state index in [-0.39, 0.29) is 11.8 Å². The van der Waals surface area contributed by atoms with Crippen molar-refractivity contribution in [3.05, 3.63) is 72.1 Å². The van der Waals surface area contributed by atoms with Gasteiger partial charge in [0.05, 0.1) is 5.56 Å². The molecule has 0 aliphatic rings. The first-order valence-corrected chi connectivity index (χ1v) is 8.91. The number of nitrogens with zero attached hydrogens (tertiary/aromatic N) is 2. The fourth-order valence-electron chi connectivity index (χ4n) is 2.66. The molecular formula is C21H21N5O2. The smallest absolute Gasteiger partial charge is 0.258 e. The summed E-state index contributed by atoms with van der Waals surface area (Å²) in [7, 11) is 0. The molecular weight excluding hydrogens is 354 g/mol. The summed E-state index contributed by atoms with van der Waals surface area (Å²) in [6.07, 6.45) is 3.83. The molecule has 0 radical (unpaired) electrons. The summed E-state index contributed by atoms with van der Waals surface area (Å²) in [5.41, 5.74) is 3.61. The average Bonchev–Trinajstić information content (AvgIpc) is 2.68. The van der Waals surface area contributed by atoms with Crippen molar-refractivity contribution in [2.45, 2.75) is 20.3 Å². The van der Waals surface area contributed by atoms with Gasteiger partial charge in [-0.15, -0.1) is 0 Å². The molecule has 0 aliphatic heterocycles. The van der Waals surface area contributed by atoms with Gasteiger partial charge in [-0.1, -0.05) is 31.2 Å². The van der Waals surface area contributed by atoms with Gasteiger partial charge in [0.1, 0.15) is 0 Å². The van der Waals surface area contributed by atoms with E-state index in [1.807, 2.05) is 24.3 Å². The van der Waals surface area contributed by atoms with Crippen LogP contribution in [0.2, 0.25) is 0 Å². The number of carbonyl (C=O) groups excluding carboxylic acids is 2. The van der Waals surface area contributed by atoms with Crippen LogP contribution in [0, 0.1) is 0 Å². The van der Waals surface area contributed by atoms with Crippen molar-refractivity contribution in [2.75, 3.05) is 16.0 Å². The summed E-state index contributed by atoms with van der Waals surface area (Å²) in [4.78, 5) is 32.0. The molecule has 2 aromatic carbocycles. The number of hydrogen-bond acceptors (Lipinski definition) is 5. The molecule has 0 unspecified atom stereocenters. The second-order valence-electron chi connectivity index (χ2n) is 6.15. The van der Waals surface area contributed by atoms with Gasteiger partial charge in [-0.25, -0.2) is 9.97 Å². The van der Waals surface area contributed by atoms with Gasteiger partial charge in [0.15, 0.2) is 0 Å². The number of benzene rings is 2. The topological polar surface area (TPSA) is 96.0 Å². The van der Waals surface area contributed by atoms with Gasteiger partial charge in [0.2, 0.25) is 11.9 Å². The maximum absolute atomic E-state index is 12.4. The molecule has 7 nitrogen and oxygen atoms in total. The molecule has 142 valence electrons. The molecule has 1 aromatic heterocycles. The zero-order valence-electron chi connectivity index (χ0n) is 15.7. The first kappa shape index (κ1) is 19.0. The second-order valence-corrected chi connectivity index (χ2v) is 6.15. The van der Waals surface area contributed by atoms with E-state index in [0.717, 1.165) is 17.7 Å². The van der Waals surface area contributed by atoms with Crippen LogP contribution in [0.5, 0.6) is 0 Å². The van der Waals surface area contributed by atoms with Crippen molar-refractivity contribution in [2.24, 2.45) is 0 Å². The van der Waals surface area contributed by atoms with Gasteiger partial charge < -0.3 is 16.0 Å². The summed E-state index contributed by atoms with van der Waals surface area (Å²) in [5.74, 6) is -0.0878. The van der Waals surface area contributed by atoms with Crippen molar-refractivity contribution in [3.63, 3.8) is 0 Å². The third kappa shape index (κ3) is 4.91. The number of para-hydroxylation sites is 1. The number of nitrogens with one attached hydrogen (secondary N) is 3. The molecule has 0 saturated heterocycles. The number of rotatable bonds is 6. The number of hydrogen-bond donors (Lipinski definition) is 3. The van der Waals surface area contributed by atoms with Crippen LogP contribution in [0.25, 0.3) is 0 Å². The Hall–Kier alpha value is -3.74. The molecule has 0 saturated carbocycles. The fraction of sp³-hybridized carbons (Fsp3) is 0.143. The first-order chi connectivity index (χ1) is 13.5. The van der Waals surface area contributed by atoms with E-state index in [0.29, 0.717) is 22.9 Å². The lowest BCUT2D eigenvalue weighted by Crippen LogP contribution is -2.13. The van der Waals surface area contributed by atoms with E-state index < -0.39 is 0 Å². The zero-order valence-corrected chi connectivity index (χ0v) is 15.7. The van der Waals surface area contributed by atoms with E-state index in [1.54, 1.807) is 24.3 Å². The number of aryl methyl sites for hydroxylation is 1. The number of anilines is 4. The van der Waals surface area contributed by atoms with Crippen LogP contribution < -0.4 is 16.0 Å². The van der Waals surface area contributed by atoms with Crippen molar-refractivity contribution < 1.29 is 9.59 Å². The van der Waals surface area contributed by atoms with Crippen LogP contribution in [0.15, 0.2) is 60.9 Å². The van der Waals surface area contributed by atoms with E-state index in [4.69, 9.17) is 0 Å². The maximum Gasteiger partial charge on any atom is 0.258 e. The molecule has 3 rings (SSSR count). The minimum atomic E-state index is -0.333. The van der Waals surface area contributed by atoms with Gasteiger partial charge in [-0.05, 0) is 36.2 Å². The number of aromatic nitrogens is 2. The van der Waals surface area contributed by atoms with Gasteiger partial charge in [-0.2, -0.15) is 0 Å². The Labute approximate surface area is 163 Å². The Morgan fingerprint density at radius 2 is 1.61 bits per heavy atom. The highest BCUT2D eigenvalue weighted by Crippen LogP contribution is 2.19. The standard InChI is InChI=1S/C21H21N5O2/c1-3-15-7-4-5-10-19(15)26-21-22-12-16(13-23-21)20(28)25-18-9-6-8-17(11-18)24-14(2)27/h4-13H,3H2,1-2H3,(H,24,27)(H,25,28)(H,22,23,26). The van der Waals surface area contributed by atoms with Gasteiger partial charge in [0, 0.05) is 36.4 Å². The van der Waals surface area contributed by atoms with E-state index in [1.165, 1.54) is 19.3 Å².